The minimum Gasteiger partial charge on any atom is -0.492 e. The number of ether oxygens (including phenoxy) is 2. The molecule has 0 atom stereocenters. The summed E-state index contributed by atoms with van der Waals surface area (Å²) in [5, 5.41) is 3.14. The number of aryl methyl sites for hydroxylation is 1. The summed E-state index contributed by atoms with van der Waals surface area (Å²) in [6.45, 7) is 6.15. The molecule has 1 heterocycles. The molecular formula is C28H26N2O5S. The third-order valence-corrected chi connectivity index (χ3v) is 6.46. The van der Waals surface area contributed by atoms with Gasteiger partial charge in [-0.25, -0.2) is 9.69 Å². The van der Waals surface area contributed by atoms with E-state index in [9.17, 15) is 14.4 Å². The Kier molecular flexibility index (Phi) is 7.75. The molecule has 0 saturated carbocycles. The number of carbonyl (C=O) groups is 3. The monoisotopic (exact) mass is 502 g/mol. The van der Waals surface area contributed by atoms with Crippen LogP contribution in [0.5, 0.6) is 5.75 Å². The van der Waals surface area contributed by atoms with Crippen LogP contribution in [0.1, 0.15) is 29.8 Å². The van der Waals surface area contributed by atoms with Crippen molar-refractivity contribution in [2.45, 2.75) is 25.7 Å². The highest BCUT2D eigenvalue weighted by Crippen LogP contribution is 2.40. The Labute approximate surface area is 214 Å². The molecule has 3 aromatic carbocycles. The second kappa shape index (κ2) is 11.1. The summed E-state index contributed by atoms with van der Waals surface area (Å²) in [5.41, 5.74) is 2.05. The molecule has 0 spiro atoms. The van der Waals surface area contributed by atoms with Crippen molar-refractivity contribution in [3.05, 3.63) is 94.5 Å². The second-order valence-electron chi connectivity index (χ2n) is 7.86. The quantitative estimate of drug-likeness (QED) is 0.303. The van der Waals surface area contributed by atoms with E-state index < -0.39 is 17.8 Å². The van der Waals surface area contributed by atoms with Crippen LogP contribution in [0.2, 0.25) is 0 Å². The van der Waals surface area contributed by atoms with Gasteiger partial charge in [0, 0.05) is 4.90 Å². The molecule has 3 aromatic rings. The lowest BCUT2D eigenvalue weighted by Crippen LogP contribution is -2.33. The topological polar surface area (TPSA) is 84.9 Å². The number of benzene rings is 3. The molecule has 1 aliphatic heterocycles. The van der Waals surface area contributed by atoms with E-state index in [1.54, 1.807) is 37.3 Å². The maximum Gasteiger partial charge on any atom is 0.340 e. The molecule has 0 aromatic heterocycles. The Balaban J connectivity index is 1.79. The molecule has 184 valence electrons. The van der Waals surface area contributed by atoms with Crippen molar-refractivity contribution in [1.29, 1.82) is 0 Å². The van der Waals surface area contributed by atoms with E-state index in [0.29, 0.717) is 18.0 Å². The molecule has 1 N–H and O–H groups in total. The van der Waals surface area contributed by atoms with E-state index in [2.05, 4.69) is 5.32 Å². The number of imide groups is 1. The number of esters is 1. The summed E-state index contributed by atoms with van der Waals surface area (Å²) in [6, 6.07) is 21.3. The van der Waals surface area contributed by atoms with Gasteiger partial charge in [0.1, 0.15) is 16.4 Å². The molecule has 7 nitrogen and oxygen atoms in total. The molecule has 0 aliphatic carbocycles. The SMILES string of the molecule is CCOC(=O)c1ccccc1N1C(=O)C(Nc2ccccc2OCC)=C(Sc2ccc(C)cc2)C1=O. The van der Waals surface area contributed by atoms with Gasteiger partial charge in [0.25, 0.3) is 11.8 Å². The van der Waals surface area contributed by atoms with E-state index in [4.69, 9.17) is 9.47 Å². The molecule has 1 aliphatic rings. The summed E-state index contributed by atoms with van der Waals surface area (Å²) < 4.78 is 10.9. The Morgan fingerprint density at radius 3 is 2.31 bits per heavy atom. The molecule has 4 rings (SSSR count). The average Bonchev–Trinajstić information content (AvgIpc) is 3.10. The number of para-hydroxylation sites is 3. The van der Waals surface area contributed by atoms with Crippen LogP contribution in [0, 0.1) is 6.92 Å². The van der Waals surface area contributed by atoms with Crippen molar-refractivity contribution in [3.63, 3.8) is 0 Å². The summed E-state index contributed by atoms with van der Waals surface area (Å²) in [6.07, 6.45) is 0. The Bertz CT molecular complexity index is 1330. The number of thioether (sulfide) groups is 1. The van der Waals surface area contributed by atoms with Gasteiger partial charge in [-0.15, -0.1) is 0 Å². The number of hydrogen-bond donors (Lipinski definition) is 1. The van der Waals surface area contributed by atoms with Crippen LogP contribution in [-0.2, 0) is 14.3 Å². The van der Waals surface area contributed by atoms with E-state index in [1.807, 2.05) is 50.2 Å². The number of hydrogen-bond acceptors (Lipinski definition) is 7. The van der Waals surface area contributed by atoms with Gasteiger partial charge in [-0.3, -0.25) is 9.59 Å². The maximum absolute atomic E-state index is 13.8. The first-order valence-corrected chi connectivity index (χ1v) is 12.4. The van der Waals surface area contributed by atoms with Crippen LogP contribution in [0.3, 0.4) is 0 Å². The number of nitrogens with one attached hydrogen (secondary N) is 1. The van der Waals surface area contributed by atoms with Crippen LogP contribution < -0.4 is 15.0 Å². The molecule has 0 unspecified atom stereocenters. The van der Waals surface area contributed by atoms with Crippen molar-refractivity contribution in [1.82, 2.24) is 0 Å². The van der Waals surface area contributed by atoms with Crippen molar-refractivity contribution in [3.8, 4) is 5.75 Å². The van der Waals surface area contributed by atoms with Crippen LogP contribution in [0.15, 0.2) is 88.3 Å². The minimum atomic E-state index is -0.607. The summed E-state index contributed by atoms with van der Waals surface area (Å²) >= 11 is 1.19. The van der Waals surface area contributed by atoms with Gasteiger partial charge in [-0.2, -0.15) is 0 Å². The first kappa shape index (κ1) is 25.1. The standard InChI is InChI=1S/C28H26N2O5S/c1-4-34-23-13-9-7-11-21(23)29-24-25(36-19-16-14-18(3)15-17-19)27(32)30(26(24)31)22-12-8-6-10-20(22)28(33)35-5-2/h6-17,29H,4-5H2,1-3H3. The average molecular weight is 503 g/mol. The van der Waals surface area contributed by atoms with Gasteiger partial charge < -0.3 is 14.8 Å². The number of rotatable bonds is 9. The summed E-state index contributed by atoms with van der Waals surface area (Å²) in [4.78, 5) is 42.1. The zero-order valence-corrected chi connectivity index (χ0v) is 21.1. The third-order valence-electron chi connectivity index (χ3n) is 5.37. The molecule has 36 heavy (non-hydrogen) atoms. The molecule has 0 bridgehead atoms. The van der Waals surface area contributed by atoms with Crippen LogP contribution >= 0.6 is 11.8 Å². The Morgan fingerprint density at radius 1 is 0.889 bits per heavy atom. The van der Waals surface area contributed by atoms with Gasteiger partial charge >= 0.3 is 5.97 Å². The Hall–Kier alpha value is -4.04. The normalized spacial score (nSPS) is 13.2. The lowest BCUT2D eigenvalue weighted by Gasteiger charge is -2.18. The van der Waals surface area contributed by atoms with Crippen LogP contribution in [0.4, 0.5) is 11.4 Å². The highest BCUT2D eigenvalue weighted by Gasteiger charge is 2.42. The van der Waals surface area contributed by atoms with Gasteiger partial charge in [-0.05, 0) is 57.2 Å². The number of carbonyl (C=O) groups excluding carboxylic acids is 3. The number of amides is 2. The largest absolute Gasteiger partial charge is 0.492 e. The molecule has 0 saturated heterocycles. The fourth-order valence-corrected chi connectivity index (χ4v) is 4.62. The highest BCUT2D eigenvalue weighted by atomic mass is 32.2. The van der Waals surface area contributed by atoms with Gasteiger partial charge in [0.2, 0.25) is 0 Å². The van der Waals surface area contributed by atoms with Gasteiger partial charge in [0.15, 0.2) is 0 Å². The predicted molar refractivity (Wildman–Crippen MR) is 140 cm³/mol. The van der Waals surface area contributed by atoms with Gasteiger partial charge in [0.05, 0.1) is 30.2 Å². The van der Waals surface area contributed by atoms with E-state index in [0.717, 1.165) is 15.4 Å². The van der Waals surface area contributed by atoms with Crippen molar-refractivity contribution >= 4 is 40.9 Å². The smallest absolute Gasteiger partial charge is 0.340 e. The van der Waals surface area contributed by atoms with Crippen LogP contribution in [-0.4, -0.2) is 31.0 Å². The fourth-order valence-electron chi connectivity index (χ4n) is 3.69. The molecule has 8 heteroatoms. The molecule has 2 amide bonds. The lowest BCUT2D eigenvalue weighted by atomic mass is 10.1. The first-order chi connectivity index (χ1) is 17.4. The summed E-state index contributed by atoms with van der Waals surface area (Å²) in [5.74, 6) is -1.15. The minimum absolute atomic E-state index is 0.108. The molecule has 0 fully saturated rings. The molecular weight excluding hydrogens is 476 g/mol. The third kappa shape index (κ3) is 5.13. The number of nitrogens with zero attached hydrogens (tertiary/aromatic N) is 1. The van der Waals surface area contributed by atoms with Crippen LogP contribution in [0.25, 0.3) is 0 Å². The van der Waals surface area contributed by atoms with E-state index in [-0.39, 0.29) is 28.5 Å². The number of anilines is 2. The molecule has 0 radical (unpaired) electrons. The van der Waals surface area contributed by atoms with E-state index in [1.165, 1.54) is 17.8 Å². The van der Waals surface area contributed by atoms with Gasteiger partial charge in [-0.1, -0.05) is 53.7 Å². The van der Waals surface area contributed by atoms with Crippen molar-refractivity contribution in [2.75, 3.05) is 23.4 Å². The zero-order chi connectivity index (χ0) is 25.7. The lowest BCUT2D eigenvalue weighted by molar-refractivity contribution is -0.120. The maximum atomic E-state index is 13.8. The highest BCUT2D eigenvalue weighted by molar-refractivity contribution is 8.04. The zero-order valence-electron chi connectivity index (χ0n) is 20.2. The second-order valence-corrected chi connectivity index (χ2v) is 8.94. The first-order valence-electron chi connectivity index (χ1n) is 11.6. The van der Waals surface area contributed by atoms with Crippen molar-refractivity contribution in [2.24, 2.45) is 0 Å². The fraction of sp³-hybridized carbons (Fsp3) is 0.179. The van der Waals surface area contributed by atoms with Crippen molar-refractivity contribution < 1.29 is 23.9 Å². The summed E-state index contributed by atoms with van der Waals surface area (Å²) in [7, 11) is 0. The van der Waals surface area contributed by atoms with E-state index >= 15 is 0 Å². The predicted octanol–water partition coefficient (Wildman–Crippen LogP) is 5.56. The Morgan fingerprint density at radius 2 is 1.58 bits per heavy atom.